The standard InChI is InChI=1S/C17H24N2O3/c1-19(17(20)21)16-15(22-16)13-8-5-9-14(10-13)18-11-12-6-3-2-4-7-12/h5,8-10,12,15-16,18H,2-4,6-7,11H2,1H3,(H,20,21). The molecule has 2 N–H and O–H groups in total. The van der Waals surface area contributed by atoms with Gasteiger partial charge in [-0.25, -0.2) is 4.79 Å². The summed E-state index contributed by atoms with van der Waals surface area (Å²) < 4.78 is 5.49. The maximum atomic E-state index is 10.9. The van der Waals surface area contributed by atoms with E-state index in [2.05, 4.69) is 17.4 Å². The molecule has 2 atom stereocenters. The molecule has 1 saturated heterocycles. The van der Waals surface area contributed by atoms with Crippen LogP contribution < -0.4 is 5.32 Å². The molecule has 1 amide bonds. The quantitative estimate of drug-likeness (QED) is 0.814. The zero-order valence-corrected chi connectivity index (χ0v) is 13.0. The Morgan fingerprint density at radius 3 is 2.86 bits per heavy atom. The second kappa shape index (κ2) is 6.57. The molecule has 2 unspecified atom stereocenters. The van der Waals surface area contributed by atoms with Gasteiger partial charge in [0.05, 0.1) is 0 Å². The van der Waals surface area contributed by atoms with E-state index in [1.54, 1.807) is 0 Å². The van der Waals surface area contributed by atoms with Gasteiger partial charge in [0, 0.05) is 19.3 Å². The van der Waals surface area contributed by atoms with E-state index in [1.165, 1.54) is 44.1 Å². The van der Waals surface area contributed by atoms with E-state index < -0.39 is 6.09 Å². The minimum absolute atomic E-state index is 0.141. The largest absolute Gasteiger partial charge is 0.465 e. The van der Waals surface area contributed by atoms with Gasteiger partial charge in [-0.1, -0.05) is 31.4 Å². The van der Waals surface area contributed by atoms with Gasteiger partial charge in [-0.2, -0.15) is 0 Å². The molecule has 2 fully saturated rings. The number of nitrogens with zero attached hydrogens (tertiary/aromatic N) is 1. The average Bonchev–Trinajstić information content (AvgIpc) is 3.34. The number of amides is 1. The Balaban J connectivity index is 1.55. The summed E-state index contributed by atoms with van der Waals surface area (Å²) in [5.74, 6) is 0.778. The second-order valence-corrected chi connectivity index (χ2v) is 6.35. The smallest absolute Gasteiger partial charge is 0.409 e. The van der Waals surface area contributed by atoms with Gasteiger partial charge in [-0.3, -0.25) is 4.90 Å². The molecule has 5 nitrogen and oxygen atoms in total. The molecule has 3 rings (SSSR count). The lowest BCUT2D eigenvalue weighted by Gasteiger charge is -2.22. The van der Waals surface area contributed by atoms with Gasteiger partial charge >= 0.3 is 6.09 Å². The van der Waals surface area contributed by atoms with Crippen LogP contribution in [0.3, 0.4) is 0 Å². The lowest BCUT2D eigenvalue weighted by atomic mass is 9.89. The summed E-state index contributed by atoms with van der Waals surface area (Å²) in [6, 6.07) is 8.12. The number of carbonyl (C=O) groups is 1. The molecule has 1 aromatic rings. The minimum atomic E-state index is -0.959. The summed E-state index contributed by atoms with van der Waals surface area (Å²) in [6.07, 6.45) is 5.27. The first-order valence-corrected chi connectivity index (χ1v) is 8.10. The van der Waals surface area contributed by atoms with E-state index in [0.29, 0.717) is 0 Å². The van der Waals surface area contributed by atoms with Gasteiger partial charge in [0.25, 0.3) is 0 Å². The third-order valence-corrected chi connectivity index (χ3v) is 4.69. The first kappa shape index (κ1) is 15.2. The van der Waals surface area contributed by atoms with Gasteiger partial charge in [0.1, 0.15) is 6.10 Å². The summed E-state index contributed by atoms with van der Waals surface area (Å²) in [5, 5.41) is 12.5. The SMILES string of the molecule is CN(C(=O)O)C1OC1c1cccc(NCC2CCCCC2)c1. The monoisotopic (exact) mass is 304 g/mol. The van der Waals surface area contributed by atoms with Crippen molar-refractivity contribution in [2.45, 2.75) is 44.4 Å². The van der Waals surface area contributed by atoms with Crippen LogP contribution in [-0.4, -0.2) is 35.9 Å². The van der Waals surface area contributed by atoms with Gasteiger partial charge in [-0.15, -0.1) is 0 Å². The number of ether oxygens (including phenoxy) is 1. The maximum Gasteiger partial charge on any atom is 0.409 e. The fraction of sp³-hybridized carbons (Fsp3) is 0.588. The molecule has 0 spiro atoms. The number of hydrogen-bond donors (Lipinski definition) is 2. The van der Waals surface area contributed by atoms with E-state index in [4.69, 9.17) is 9.84 Å². The Bertz CT molecular complexity index is 528. The Morgan fingerprint density at radius 1 is 1.36 bits per heavy atom. The maximum absolute atomic E-state index is 10.9. The number of hydrogen-bond acceptors (Lipinski definition) is 3. The number of rotatable bonds is 5. The highest BCUT2D eigenvalue weighted by molar-refractivity contribution is 5.65. The van der Waals surface area contributed by atoms with Crippen molar-refractivity contribution >= 4 is 11.8 Å². The van der Waals surface area contributed by atoms with Crippen molar-refractivity contribution in [3.05, 3.63) is 29.8 Å². The van der Waals surface area contributed by atoms with E-state index >= 15 is 0 Å². The Kier molecular flexibility index (Phi) is 4.52. The molecule has 1 aliphatic heterocycles. The molecular formula is C17H24N2O3. The zero-order valence-electron chi connectivity index (χ0n) is 13.0. The van der Waals surface area contributed by atoms with Gasteiger partial charge in [0.15, 0.2) is 6.23 Å². The number of epoxide rings is 1. The van der Waals surface area contributed by atoms with Crippen molar-refractivity contribution in [2.24, 2.45) is 5.92 Å². The summed E-state index contributed by atoms with van der Waals surface area (Å²) in [7, 11) is 1.54. The van der Waals surface area contributed by atoms with Crippen LogP contribution in [0.1, 0.15) is 43.8 Å². The van der Waals surface area contributed by atoms with Crippen molar-refractivity contribution in [3.63, 3.8) is 0 Å². The van der Waals surface area contributed by atoms with Crippen LogP contribution in [-0.2, 0) is 4.74 Å². The third kappa shape index (κ3) is 3.53. The highest BCUT2D eigenvalue weighted by Gasteiger charge is 2.45. The molecule has 1 aliphatic carbocycles. The van der Waals surface area contributed by atoms with Crippen molar-refractivity contribution in [2.75, 3.05) is 18.9 Å². The zero-order chi connectivity index (χ0) is 15.5. The van der Waals surface area contributed by atoms with E-state index in [1.807, 2.05) is 12.1 Å². The molecule has 2 aliphatic rings. The molecule has 0 aromatic heterocycles. The van der Waals surface area contributed by atoms with Crippen LogP contribution >= 0.6 is 0 Å². The lowest BCUT2D eigenvalue weighted by Crippen LogP contribution is -2.28. The predicted octanol–water partition coefficient (Wildman–Crippen LogP) is 3.69. The summed E-state index contributed by atoms with van der Waals surface area (Å²) in [5.41, 5.74) is 2.13. The summed E-state index contributed by atoms with van der Waals surface area (Å²) >= 11 is 0. The summed E-state index contributed by atoms with van der Waals surface area (Å²) in [6.45, 7) is 1.02. The first-order chi connectivity index (χ1) is 10.6. The second-order valence-electron chi connectivity index (χ2n) is 6.35. The van der Waals surface area contributed by atoms with Gasteiger partial charge in [0.2, 0.25) is 0 Å². The molecule has 0 bridgehead atoms. The van der Waals surface area contributed by atoms with Crippen LogP contribution in [0.15, 0.2) is 24.3 Å². The molecule has 22 heavy (non-hydrogen) atoms. The van der Waals surface area contributed by atoms with Crippen LogP contribution in [0.25, 0.3) is 0 Å². The normalized spacial score (nSPS) is 24.8. The van der Waals surface area contributed by atoms with Crippen LogP contribution in [0.5, 0.6) is 0 Å². The van der Waals surface area contributed by atoms with Crippen molar-refractivity contribution in [1.82, 2.24) is 4.90 Å². The summed E-state index contributed by atoms with van der Waals surface area (Å²) in [4.78, 5) is 12.2. The fourth-order valence-corrected chi connectivity index (χ4v) is 3.23. The highest BCUT2D eigenvalue weighted by Crippen LogP contribution is 2.41. The van der Waals surface area contributed by atoms with Crippen LogP contribution in [0.2, 0.25) is 0 Å². The van der Waals surface area contributed by atoms with Crippen molar-refractivity contribution in [3.8, 4) is 0 Å². The van der Waals surface area contributed by atoms with E-state index in [9.17, 15) is 4.79 Å². The van der Waals surface area contributed by atoms with Crippen LogP contribution in [0.4, 0.5) is 10.5 Å². The van der Waals surface area contributed by atoms with E-state index in [-0.39, 0.29) is 12.3 Å². The first-order valence-electron chi connectivity index (χ1n) is 8.10. The number of nitrogens with one attached hydrogen (secondary N) is 1. The molecule has 1 heterocycles. The average molecular weight is 304 g/mol. The Morgan fingerprint density at radius 2 is 2.14 bits per heavy atom. The highest BCUT2D eigenvalue weighted by atomic mass is 16.6. The van der Waals surface area contributed by atoms with Gasteiger partial charge < -0.3 is 15.2 Å². The Labute approximate surface area is 131 Å². The van der Waals surface area contributed by atoms with Gasteiger partial charge in [-0.05, 0) is 36.5 Å². The minimum Gasteiger partial charge on any atom is -0.465 e. The number of benzene rings is 1. The molecular weight excluding hydrogens is 280 g/mol. The fourth-order valence-electron chi connectivity index (χ4n) is 3.23. The van der Waals surface area contributed by atoms with E-state index in [0.717, 1.165) is 23.7 Å². The lowest BCUT2D eigenvalue weighted by molar-refractivity contribution is 0.134. The van der Waals surface area contributed by atoms with Crippen LogP contribution in [0, 0.1) is 5.92 Å². The topological polar surface area (TPSA) is 65.1 Å². The number of anilines is 1. The van der Waals surface area contributed by atoms with Crippen molar-refractivity contribution in [1.29, 1.82) is 0 Å². The molecule has 120 valence electrons. The predicted molar refractivity (Wildman–Crippen MR) is 84.9 cm³/mol. The third-order valence-electron chi connectivity index (χ3n) is 4.69. The molecule has 1 aromatic carbocycles. The molecule has 1 saturated carbocycles. The number of likely N-dealkylation sites (N-methyl/N-ethyl adjacent to an activating group) is 1. The Hall–Kier alpha value is -1.75. The number of carboxylic acid groups (broad SMARTS) is 1. The molecule has 5 heteroatoms. The van der Waals surface area contributed by atoms with Crippen molar-refractivity contribution < 1.29 is 14.6 Å². The molecule has 0 radical (unpaired) electrons.